The molecule has 1 unspecified atom stereocenters. The lowest BCUT2D eigenvalue weighted by atomic mass is 10.0. The highest BCUT2D eigenvalue weighted by Gasteiger charge is 2.33. The van der Waals surface area contributed by atoms with E-state index in [1.54, 1.807) is 41.6 Å². The second-order valence-corrected chi connectivity index (χ2v) is 8.98. The van der Waals surface area contributed by atoms with E-state index in [1.807, 2.05) is 6.07 Å². The molecule has 1 saturated heterocycles. The SMILES string of the molecule is O=C1CN(C(=O)C(c2cccnc2)N2CCOCC2)CCCNC(=O)c2cc(Cl)ccc2OCCN1. The fourth-order valence-electron chi connectivity index (χ4n) is 4.28. The normalized spacial score (nSPS) is 19.2. The Kier molecular flexibility index (Phi) is 9.10. The summed E-state index contributed by atoms with van der Waals surface area (Å²) in [5.41, 5.74) is 1.09. The average molecular weight is 516 g/mol. The van der Waals surface area contributed by atoms with Gasteiger partial charge in [0.1, 0.15) is 18.4 Å². The first-order valence-electron chi connectivity index (χ1n) is 12.0. The molecule has 3 amide bonds. The number of hydrogen-bond donors (Lipinski definition) is 2. The Bertz CT molecular complexity index is 1060. The number of halogens is 1. The van der Waals surface area contributed by atoms with Crippen LogP contribution in [0.1, 0.15) is 28.4 Å². The molecule has 2 aliphatic heterocycles. The molecule has 2 N–H and O–H groups in total. The van der Waals surface area contributed by atoms with Crippen molar-refractivity contribution in [3.05, 3.63) is 58.9 Å². The Morgan fingerprint density at radius 2 is 1.89 bits per heavy atom. The highest BCUT2D eigenvalue weighted by atomic mass is 35.5. The molecule has 0 radical (unpaired) electrons. The number of pyridine rings is 1. The van der Waals surface area contributed by atoms with E-state index < -0.39 is 6.04 Å². The molecular weight excluding hydrogens is 486 g/mol. The van der Waals surface area contributed by atoms with Gasteiger partial charge < -0.3 is 25.0 Å². The van der Waals surface area contributed by atoms with Gasteiger partial charge in [0, 0.05) is 43.6 Å². The van der Waals surface area contributed by atoms with Crippen LogP contribution >= 0.6 is 11.6 Å². The van der Waals surface area contributed by atoms with Crippen molar-refractivity contribution in [1.29, 1.82) is 0 Å². The fourth-order valence-corrected chi connectivity index (χ4v) is 4.45. The number of carbonyl (C=O) groups excluding carboxylic acids is 3. The van der Waals surface area contributed by atoms with Crippen molar-refractivity contribution in [3.8, 4) is 5.75 Å². The van der Waals surface area contributed by atoms with Crippen LogP contribution in [0.15, 0.2) is 42.7 Å². The summed E-state index contributed by atoms with van der Waals surface area (Å²) in [7, 11) is 0. The van der Waals surface area contributed by atoms with Crippen molar-refractivity contribution in [3.63, 3.8) is 0 Å². The molecule has 2 aromatic rings. The van der Waals surface area contributed by atoms with Crippen LogP contribution in [0.4, 0.5) is 0 Å². The number of nitrogens with zero attached hydrogens (tertiary/aromatic N) is 3. The van der Waals surface area contributed by atoms with Gasteiger partial charge in [-0.3, -0.25) is 24.3 Å². The number of aromatic nitrogens is 1. The van der Waals surface area contributed by atoms with Crippen LogP contribution in [-0.2, 0) is 14.3 Å². The molecule has 3 heterocycles. The summed E-state index contributed by atoms with van der Waals surface area (Å²) in [6.07, 6.45) is 3.81. The van der Waals surface area contributed by atoms with Crippen molar-refractivity contribution >= 4 is 29.3 Å². The van der Waals surface area contributed by atoms with E-state index in [0.717, 1.165) is 5.56 Å². The molecule has 11 heteroatoms. The molecule has 192 valence electrons. The molecule has 0 bridgehead atoms. The minimum absolute atomic E-state index is 0.0971. The van der Waals surface area contributed by atoms with E-state index in [9.17, 15) is 14.4 Å². The molecule has 0 saturated carbocycles. The lowest BCUT2D eigenvalue weighted by Gasteiger charge is -2.36. The number of ether oxygens (including phenoxy) is 2. The average Bonchev–Trinajstić information content (AvgIpc) is 2.89. The first-order chi connectivity index (χ1) is 17.5. The van der Waals surface area contributed by atoms with Gasteiger partial charge in [0.2, 0.25) is 11.8 Å². The Balaban J connectivity index is 1.52. The fraction of sp³-hybridized carbons (Fsp3) is 0.440. The highest BCUT2D eigenvalue weighted by Crippen LogP contribution is 2.25. The van der Waals surface area contributed by atoms with E-state index in [1.165, 1.54) is 0 Å². The van der Waals surface area contributed by atoms with Gasteiger partial charge >= 0.3 is 0 Å². The highest BCUT2D eigenvalue weighted by molar-refractivity contribution is 6.31. The molecule has 1 fully saturated rings. The number of amides is 3. The lowest BCUT2D eigenvalue weighted by molar-refractivity contribution is -0.142. The number of morpholine rings is 1. The van der Waals surface area contributed by atoms with Crippen molar-refractivity contribution in [2.45, 2.75) is 12.5 Å². The monoisotopic (exact) mass is 515 g/mol. The molecule has 0 aliphatic carbocycles. The minimum atomic E-state index is -0.582. The van der Waals surface area contributed by atoms with Gasteiger partial charge in [-0.05, 0) is 36.2 Å². The summed E-state index contributed by atoms with van der Waals surface area (Å²) in [5, 5.41) is 6.08. The largest absolute Gasteiger partial charge is 0.491 e. The molecule has 36 heavy (non-hydrogen) atoms. The van der Waals surface area contributed by atoms with Crippen molar-refractivity contribution in [2.24, 2.45) is 0 Å². The van der Waals surface area contributed by atoms with Crippen LogP contribution in [-0.4, -0.2) is 91.6 Å². The third kappa shape index (κ3) is 6.71. The maximum atomic E-state index is 13.9. The van der Waals surface area contributed by atoms with Crippen LogP contribution in [0.5, 0.6) is 5.75 Å². The van der Waals surface area contributed by atoms with E-state index in [4.69, 9.17) is 21.1 Å². The molecule has 4 rings (SSSR count). The maximum absolute atomic E-state index is 13.9. The van der Waals surface area contributed by atoms with Crippen LogP contribution in [0.2, 0.25) is 5.02 Å². The predicted octanol–water partition coefficient (Wildman–Crippen LogP) is 1.27. The zero-order valence-electron chi connectivity index (χ0n) is 20.0. The second kappa shape index (κ2) is 12.7. The smallest absolute Gasteiger partial charge is 0.255 e. The summed E-state index contributed by atoms with van der Waals surface area (Å²) in [6, 6.07) is 7.91. The molecule has 1 aromatic heterocycles. The Morgan fingerprint density at radius 3 is 2.67 bits per heavy atom. The van der Waals surface area contributed by atoms with Crippen LogP contribution < -0.4 is 15.4 Å². The molecule has 1 atom stereocenters. The predicted molar refractivity (Wildman–Crippen MR) is 133 cm³/mol. The zero-order chi connectivity index (χ0) is 25.3. The summed E-state index contributed by atoms with van der Waals surface area (Å²) >= 11 is 6.08. The third-order valence-electron chi connectivity index (χ3n) is 6.05. The second-order valence-electron chi connectivity index (χ2n) is 8.55. The molecule has 0 spiro atoms. The Morgan fingerprint density at radius 1 is 1.06 bits per heavy atom. The minimum Gasteiger partial charge on any atom is -0.491 e. The summed E-state index contributed by atoms with van der Waals surface area (Å²) < 4.78 is 11.2. The van der Waals surface area contributed by atoms with Gasteiger partial charge in [0.25, 0.3) is 5.91 Å². The van der Waals surface area contributed by atoms with Crippen LogP contribution in [0.25, 0.3) is 0 Å². The number of rotatable bonds is 3. The maximum Gasteiger partial charge on any atom is 0.255 e. The van der Waals surface area contributed by atoms with Crippen molar-refractivity contribution in [1.82, 2.24) is 25.4 Å². The number of carbonyl (C=O) groups is 3. The van der Waals surface area contributed by atoms with Crippen LogP contribution in [0.3, 0.4) is 0 Å². The van der Waals surface area contributed by atoms with Gasteiger partial charge in [-0.15, -0.1) is 0 Å². The zero-order valence-corrected chi connectivity index (χ0v) is 20.7. The quantitative estimate of drug-likeness (QED) is 0.633. The van der Waals surface area contributed by atoms with E-state index in [2.05, 4.69) is 20.5 Å². The number of nitrogens with one attached hydrogen (secondary N) is 2. The van der Waals surface area contributed by atoms with Gasteiger partial charge in [-0.25, -0.2) is 0 Å². The van der Waals surface area contributed by atoms with E-state index in [-0.39, 0.29) is 37.4 Å². The summed E-state index contributed by atoms with van der Waals surface area (Å²) in [6.45, 7) is 3.15. The Labute approximate surface area is 214 Å². The number of fused-ring (bicyclic) bond motifs is 1. The summed E-state index contributed by atoms with van der Waals surface area (Å²) in [5.74, 6) is -0.388. The van der Waals surface area contributed by atoms with Gasteiger partial charge in [-0.1, -0.05) is 17.7 Å². The van der Waals surface area contributed by atoms with Crippen LogP contribution in [0, 0.1) is 0 Å². The first kappa shape index (κ1) is 25.9. The van der Waals surface area contributed by atoms with Gasteiger partial charge in [0.05, 0.1) is 31.9 Å². The third-order valence-corrected chi connectivity index (χ3v) is 6.28. The van der Waals surface area contributed by atoms with E-state index >= 15 is 0 Å². The van der Waals surface area contributed by atoms with Crippen molar-refractivity contribution in [2.75, 3.05) is 59.1 Å². The van der Waals surface area contributed by atoms with Gasteiger partial charge in [0.15, 0.2) is 0 Å². The molecule has 2 aliphatic rings. The Hall–Kier alpha value is -3.21. The van der Waals surface area contributed by atoms with Crippen molar-refractivity contribution < 1.29 is 23.9 Å². The molecular formula is C25H30ClN5O5. The lowest BCUT2D eigenvalue weighted by Crippen LogP contribution is -2.50. The first-order valence-corrected chi connectivity index (χ1v) is 12.4. The van der Waals surface area contributed by atoms with Gasteiger partial charge in [-0.2, -0.15) is 0 Å². The summed E-state index contributed by atoms with van der Waals surface area (Å²) in [4.78, 5) is 47.2. The standard InChI is InChI=1S/C25H30ClN5O5/c26-19-4-5-21-20(15-19)24(33)29-7-2-9-31(17-22(32)28-8-12-36-21)25(34)23(18-3-1-6-27-16-18)30-10-13-35-14-11-30/h1,3-6,15-16,23H,2,7-14,17H2,(H,28,32)(H,29,33). The molecule has 10 nitrogen and oxygen atoms in total. The van der Waals surface area contributed by atoms with E-state index in [0.29, 0.717) is 62.1 Å². The topological polar surface area (TPSA) is 113 Å². The number of hydrogen-bond acceptors (Lipinski definition) is 7. The number of benzene rings is 1. The molecule has 1 aromatic carbocycles.